The van der Waals surface area contributed by atoms with Crippen LogP contribution in [0.25, 0.3) is 4.96 Å². The zero-order chi connectivity index (χ0) is 14.7. The van der Waals surface area contributed by atoms with Crippen molar-refractivity contribution < 1.29 is 0 Å². The largest absolute Gasteiger partial charge is 0.294 e. The lowest BCUT2D eigenvalue weighted by atomic mass is 10.2. The Morgan fingerprint density at radius 2 is 2.05 bits per heavy atom. The van der Waals surface area contributed by atoms with Crippen LogP contribution in [0, 0.1) is 0 Å². The average Bonchev–Trinajstić information content (AvgIpc) is 2.96. The van der Waals surface area contributed by atoms with Crippen molar-refractivity contribution in [1.82, 2.24) is 14.3 Å². The molecule has 0 unspecified atom stereocenters. The molecule has 0 saturated carbocycles. The van der Waals surface area contributed by atoms with Crippen molar-refractivity contribution in [2.24, 2.45) is 0 Å². The summed E-state index contributed by atoms with van der Waals surface area (Å²) in [6.45, 7) is 4.59. The van der Waals surface area contributed by atoms with Crippen molar-refractivity contribution in [3.63, 3.8) is 0 Å². The van der Waals surface area contributed by atoms with Crippen molar-refractivity contribution in [3.05, 3.63) is 69.6 Å². The van der Waals surface area contributed by atoms with Crippen molar-refractivity contribution in [2.75, 3.05) is 6.54 Å². The zero-order valence-corrected chi connectivity index (χ0v) is 12.7. The lowest BCUT2D eigenvalue weighted by molar-refractivity contribution is 0.268. The van der Waals surface area contributed by atoms with Crippen LogP contribution in [-0.2, 0) is 13.1 Å². The van der Waals surface area contributed by atoms with E-state index in [-0.39, 0.29) is 5.56 Å². The fraction of sp³-hybridized carbons (Fsp3) is 0.250. The second-order valence-electron chi connectivity index (χ2n) is 4.93. The molecule has 0 spiro atoms. The molecule has 0 aliphatic carbocycles. The number of aromatic nitrogens is 2. The van der Waals surface area contributed by atoms with Gasteiger partial charge in [-0.1, -0.05) is 37.3 Å². The molecule has 3 aromatic rings. The van der Waals surface area contributed by atoms with Gasteiger partial charge in [-0.15, -0.1) is 11.3 Å². The van der Waals surface area contributed by atoms with Crippen LogP contribution in [0.5, 0.6) is 0 Å². The van der Waals surface area contributed by atoms with E-state index in [0.29, 0.717) is 6.54 Å². The van der Waals surface area contributed by atoms with Gasteiger partial charge >= 0.3 is 0 Å². The van der Waals surface area contributed by atoms with Gasteiger partial charge in [0.15, 0.2) is 4.96 Å². The molecule has 0 atom stereocenters. The molecule has 0 saturated heterocycles. The predicted molar refractivity (Wildman–Crippen MR) is 85.6 cm³/mol. The minimum absolute atomic E-state index is 0.00739. The van der Waals surface area contributed by atoms with Gasteiger partial charge < -0.3 is 0 Å². The number of hydrogen-bond acceptors (Lipinski definition) is 4. The maximum absolute atomic E-state index is 12.0. The Kier molecular flexibility index (Phi) is 4.13. The third-order valence-electron chi connectivity index (χ3n) is 3.44. The molecule has 0 radical (unpaired) electrons. The van der Waals surface area contributed by atoms with E-state index in [1.807, 2.05) is 23.6 Å². The molecule has 0 N–H and O–H groups in total. The Morgan fingerprint density at radius 3 is 2.81 bits per heavy atom. The minimum atomic E-state index is -0.00739. The van der Waals surface area contributed by atoms with Gasteiger partial charge in [0.2, 0.25) is 0 Å². The summed E-state index contributed by atoms with van der Waals surface area (Å²) in [6.07, 6.45) is 1.76. The van der Waals surface area contributed by atoms with Gasteiger partial charge in [-0.2, -0.15) is 0 Å². The topological polar surface area (TPSA) is 37.6 Å². The molecule has 5 heteroatoms. The molecule has 0 amide bonds. The molecule has 0 aliphatic heterocycles. The van der Waals surface area contributed by atoms with Crippen LogP contribution in [0.4, 0.5) is 0 Å². The van der Waals surface area contributed by atoms with Gasteiger partial charge in [0.05, 0.1) is 5.69 Å². The normalized spacial score (nSPS) is 11.3. The third kappa shape index (κ3) is 3.20. The molecule has 4 nitrogen and oxygen atoms in total. The van der Waals surface area contributed by atoms with Crippen LogP contribution < -0.4 is 5.56 Å². The highest BCUT2D eigenvalue weighted by Gasteiger charge is 2.08. The van der Waals surface area contributed by atoms with Gasteiger partial charge in [0.1, 0.15) is 0 Å². The van der Waals surface area contributed by atoms with E-state index in [0.717, 1.165) is 23.7 Å². The van der Waals surface area contributed by atoms with E-state index in [1.54, 1.807) is 16.7 Å². The van der Waals surface area contributed by atoms with Crippen LogP contribution in [0.3, 0.4) is 0 Å². The highest BCUT2D eigenvalue weighted by Crippen LogP contribution is 2.10. The van der Waals surface area contributed by atoms with E-state index in [2.05, 4.69) is 28.9 Å². The molecule has 2 heterocycles. The van der Waals surface area contributed by atoms with Crippen LogP contribution in [0.15, 0.2) is 52.8 Å². The summed E-state index contributed by atoms with van der Waals surface area (Å²) in [5.74, 6) is 0. The Morgan fingerprint density at radius 1 is 1.24 bits per heavy atom. The summed E-state index contributed by atoms with van der Waals surface area (Å²) < 4.78 is 1.58. The van der Waals surface area contributed by atoms with Gasteiger partial charge in [0.25, 0.3) is 5.56 Å². The molecule has 0 aliphatic rings. The Bertz CT molecular complexity index is 779. The standard InChI is InChI=1S/C16H17N3OS/c1-2-18(11-13-6-4-3-5-7-13)12-14-10-15(20)19-8-9-21-16(19)17-14/h3-10H,2,11-12H2,1H3. The third-order valence-corrected chi connectivity index (χ3v) is 4.19. The summed E-state index contributed by atoms with van der Waals surface area (Å²) in [5.41, 5.74) is 2.10. The van der Waals surface area contributed by atoms with E-state index in [9.17, 15) is 4.79 Å². The molecule has 0 bridgehead atoms. The second-order valence-corrected chi connectivity index (χ2v) is 5.80. The Labute approximate surface area is 127 Å². The molecule has 3 rings (SSSR count). The number of benzene rings is 1. The van der Waals surface area contributed by atoms with Crippen LogP contribution >= 0.6 is 11.3 Å². The van der Waals surface area contributed by atoms with Crippen molar-refractivity contribution in [2.45, 2.75) is 20.0 Å². The summed E-state index contributed by atoms with van der Waals surface area (Å²) in [6, 6.07) is 12.0. The van der Waals surface area contributed by atoms with E-state index in [4.69, 9.17) is 0 Å². The predicted octanol–water partition coefficient (Wildman–Crippen LogP) is 2.78. The minimum Gasteiger partial charge on any atom is -0.294 e. The molecular weight excluding hydrogens is 282 g/mol. The smallest absolute Gasteiger partial charge is 0.258 e. The summed E-state index contributed by atoms with van der Waals surface area (Å²) in [4.78, 5) is 19.6. The number of fused-ring (bicyclic) bond motifs is 1. The van der Waals surface area contributed by atoms with Crippen LogP contribution in [0.1, 0.15) is 18.2 Å². The molecule has 0 fully saturated rings. The number of hydrogen-bond donors (Lipinski definition) is 0. The number of rotatable bonds is 5. The first-order valence-corrected chi connectivity index (χ1v) is 7.86. The first-order chi connectivity index (χ1) is 10.3. The van der Waals surface area contributed by atoms with Crippen molar-refractivity contribution in [3.8, 4) is 0 Å². The van der Waals surface area contributed by atoms with E-state index >= 15 is 0 Å². The average molecular weight is 299 g/mol. The van der Waals surface area contributed by atoms with Gasteiger partial charge in [-0.3, -0.25) is 14.1 Å². The second kappa shape index (κ2) is 6.20. The lowest BCUT2D eigenvalue weighted by Gasteiger charge is -2.19. The summed E-state index contributed by atoms with van der Waals surface area (Å²) >= 11 is 1.49. The van der Waals surface area contributed by atoms with Gasteiger partial charge in [-0.05, 0) is 12.1 Å². The summed E-state index contributed by atoms with van der Waals surface area (Å²) in [5, 5.41) is 1.88. The SMILES string of the molecule is CCN(Cc1ccccc1)Cc1cc(=O)n2ccsc2n1. The lowest BCUT2D eigenvalue weighted by Crippen LogP contribution is -2.24. The summed E-state index contributed by atoms with van der Waals surface area (Å²) in [7, 11) is 0. The highest BCUT2D eigenvalue weighted by molar-refractivity contribution is 7.15. The molecule has 108 valence electrons. The molecule has 2 aromatic heterocycles. The quantitative estimate of drug-likeness (QED) is 0.727. The van der Waals surface area contributed by atoms with E-state index < -0.39 is 0 Å². The highest BCUT2D eigenvalue weighted by atomic mass is 32.1. The molecular formula is C16H17N3OS. The maximum Gasteiger partial charge on any atom is 0.258 e. The van der Waals surface area contributed by atoms with Crippen LogP contribution in [0.2, 0.25) is 0 Å². The van der Waals surface area contributed by atoms with Gasteiger partial charge in [-0.25, -0.2) is 4.98 Å². The fourth-order valence-corrected chi connectivity index (χ4v) is 3.06. The van der Waals surface area contributed by atoms with Crippen LogP contribution in [-0.4, -0.2) is 20.8 Å². The van der Waals surface area contributed by atoms with E-state index in [1.165, 1.54) is 16.9 Å². The molecule has 21 heavy (non-hydrogen) atoms. The number of nitrogens with zero attached hydrogens (tertiary/aromatic N) is 3. The van der Waals surface area contributed by atoms with Crippen molar-refractivity contribution in [1.29, 1.82) is 0 Å². The first-order valence-electron chi connectivity index (χ1n) is 6.98. The maximum atomic E-state index is 12.0. The molecule has 1 aromatic carbocycles. The fourth-order valence-electron chi connectivity index (χ4n) is 2.32. The van der Waals surface area contributed by atoms with Gasteiger partial charge in [0, 0.05) is 30.7 Å². The zero-order valence-electron chi connectivity index (χ0n) is 11.9. The Balaban J connectivity index is 1.80. The first kappa shape index (κ1) is 14.0. The number of thiazole rings is 1. The Hall–Kier alpha value is -1.98. The monoisotopic (exact) mass is 299 g/mol. The van der Waals surface area contributed by atoms with Crippen molar-refractivity contribution >= 4 is 16.3 Å².